The van der Waals surface area contributed by atoms with Gasteiger partial charge in [0.1, 0.15) is 6.23 Å². The van der Waals surface area contributed by atoms with Crippen LogP contribution in [0.25, 0.3) is 10.9 Å². The molecule has 0 bridgehead atoms. The number of benzene rings is 3. The van der Waals surface area contributed by atoms with Crippen molar-refractivity contribution in [2.75, 3.05) is 7.11 Å². The largest absolute Gasteiger partial charge is 0.466 e. The number of para-hydroxylation sites is 1. The lowest BCUT2D eigenvalue weighted by molar-refractivity contribution is -0.139. The molecule has 0 saturated carbocycles. The van der Waals surface area contributed by atoms with Gasteiger partial charge >= 0.3 is 5.97 Å². The van der Waals surface area contributed by atoms with E-state index in [9.17, 15) is 13.2 Å². The van der Waals surface area contributed by atoms with E-state index < -0.39 is 28.3 Å². The van der Waals surface area contributed by atoms with Gasteiger partial charge in [-0.2, -0.15) is 0 Å². The van der Waals surface area contributed by atoms with Crippen molar-refractivity contribution < 1.29 is 22.7 Å². The maximum Gasteiger partial charge on any atom is 0.333 e. The molecule has 1 aliphatic carbocycles. The van der Waals surface area contributed by atoms with E-state index in [1.165, 1.54) is 27.8 Å². The summed E-state index contributed by atoms with van der Waals surface area (Å²) in [5, 5.41) is 0.811. The third-order valence-electron chi connectivity index (χ3n) is 9.39. The van der Waals surface area contributed by atoms with Crippen LogP contribution in [-0.2, 0) is 30.7 Å². The van der Waals surface area contributed by atoms with E-state index in [0.717, 1.165) is 11.8 Å². The zero-order chi connectivity index (χ0) is 30.0. The smallest absolute Gasteiger partial charge is 0.333 e. The summed E-state index contributed by atoms with van der Waals surface area (Å²) < 4.78 is 42.5. The van der Waals surface area contributed by atoms with Crippen molar-refractivity contribution in [2.45, 2.75) is 68.8 Å². The summed E-state index contributed by atoms with van der Waals surface area (Å²) in [5.41, 5.74) is 5.52. The van der Waals surface area contributed by atoms with Gasteiger partial charge in [0.25, 0.3) is 10.0 Å². The van der Waals surface area contributed by atoms with E-state index >= 15 is 0 Å². The second-order valence-corrected chi connectivity index (χ2v) is 13.8. The van der Waals surface area contributed by atoms with Crippen molar-refractivity contribution >= 4 is 26.9 Å². The molecule has 5 atom stereocenters. The fourth-order valence-electron chi connectivity index (χ4n) is 7.55. The minimum atomic E-state index is -3.99. The Labute approximate surface area is 252 Å². The first kappa shape index (κ1) is 28.1. The normalized spacial score (nSPS) is 25.0. The molecule has 7 rings (SSSR count). The molecule has 3 heterocycles. The third kappa shape index (κ3) is 4.22. The Morgan fingerprint density at radius 3 is 2.49 bits per heavy atom. The topological polar surface area (TPSA) is 77.8 Å². The van der Waals surface area contributed by atoms with Gasteiger partial charge in [-0.15, -0.1) is 0 Å². The first-order valence-electron chi connectivity index (χ1n) is 15.0. The predicted molar refractivity (Wildman–Crippen MR) is 165 cm³/mol. The number of nitrogens with zero attached hydrogens (tertiary/aromatic N) is 2. The number of carbonyl (C=O) groups excluding carboxylic acids is 1. The molecule has 0 N–H and O–H groups in total. The van der Waals surface area contributed by atoms with E-state index in [-0.39, 0.29) is 23.0 Å². The van der Waals surface area contributed by atoms with Crippen molar-refractivity contribution in [1.29, 1.82) is 0 Å². The molecule has 2 aliphatic heterocycles. The van der Waals surface area contributed by atoms with Gasteiger partial charge in [-0.05, 0) is 53.3 Å². The third-order valence-corrected chi connectivity index (χ3v) is 11.1. The molecule has 7 nitrogen and oxygen atoms in total. The Morgan fingerprint density at radius 2 is 1.77 bits per heavy atom. The van der Waals surface area contributed by atoms with Crippen LogP contribution in [0.2, 0.25) is 0 Å². The van der Waals surface area contributed by atoms with Crippen LogP contribution in [-0.4, -0.2) is 42.7 Å². The second kappa shape index (κ2) is 10.5. The lowest BCUT2D eigenvalue weighted by Crippen LogP contribution is -2.46. The van der Waals surface area contributed by atoms with E-state index in [0.29, 0.717) is 29.1 Å². The zero-order valence-corrected chi connectivity index (χ0v) is 25.6. The molecule has 1 fully saturated rings. The Balaban J connectivity index is 1.51. The minimum Gasteiger partial charge on any atom is -0.466 e. The van der Waals surface area contributed by atoms with Gasteiger partial charge in [-0.3, -0.25) is 4.90 Å². The highest BCUT2D eigenvalue weighted by Crippen LogP contribution is 2.55. The maximum absolute atomic E-state index is 14.4. The van der Waals surface area contributed by atoms with Gasteiger partial charge in [0.15, 0.2) is 0 Å². The fourth-order valence-corrected chi connectivity index (χ4v) is 9.12. The first-order valence-corrected chi connectivity index (χ1v) is 16.5. The van der Waals surface area contributed by atoms with E-state index in [1.807, 2.05) is 36.4 Å². The molecule has 222 valence electrons. The van der Waals surface area contributed by atoms with Gasteiger partial charge in [-0.25, -0.2) is 17.2 Å². The summed E-state index contributed by atoms with van der Waals surface area (Å²) >= 11 is 0. The number of carbonyl (C=O) groups is 1. The van der Waals surface area contributed by atoms with Gasteiger partial charge < -0.3 is 9.47 Å². The Bertz CT molecular complexity index is 1860. The average molecular weight is 597 g/mol. The van der Waals surface area contributed by atoms with Crippen LogP contribution in [0.5, 0.6) is 0 Å². The van der Waals surface area contributed by atoms with Crippen LogP contribution >= 0.6 is 0 Å². The highest BCUT2D eigenvalue weighted by Gasteiger charge is 2.56. The van der Waals surface area contributed by atoms with Gasteiger partial charge in [0.05, 0.1) is 41.4 Å². The molecular weight excluding hydrogens is 560 g/mol. The number of hydrogen-bond acceptors (Lipinski definition) is 6. The molecule has 3 aliphatic rings. The van der Waals surface area contributed by atoms with Crippen LogP contribution in [0.4, 0.5) is 0 Å². The zero-order valence-electron chi connectivity index (χ0n) is 24.8. The second-order valence-electron chi connectivity index (χ2n) is 12.0. The van der Waals surface area contributed by atoms with Crippen molar-refractivity contribution in [3.8, 4) is 0 Å². The van der Waals surface area contributed by atoms with E-state index in [2.05, 4.69) is 43.9 Å². The molecule has 1 aromatic heterocycles. The average Bonchev–Trinajstić information content (AvgIpc) is 3.70. The molecule has 3 aromatic carbocycles. The van der Waals surface area contributed by atoms with Crippen LogP contribution in [0, 0.1) is 5.92 Å². The predicted octanol–water partition coefficient (Wildman–Crippen LogP) is 6.51. The van der Waals surface area contributed by atoms with Crippen LogP contribution in [0.1, 0.15) is 67.6 Å². The van der Waals surface area contributed by atoms with Crippen molar-refractivity contribution in [1.82, 2.24) is 8.87 Å². The molecule has 0 unspecified atom stereocenters. The number of fused-ring (bicyclic) bond motifs is 6. The lowest BCUT2D eigenvalue weighted by atomic mass is 9.84. The number of hydrogen-bond donors (Lipinski definition) is 0. The molecular formula is C35H36N2O5S. The number of esters is 1. The molecule has 43 heavy (non-hydrogen) atoms. The quantitative estimate of drug-likeness (QED) is 0.236. The number of rotatable bonds is 6. The molecule has 4 aromatic rings. The molecule has 1 saturated heterocycles. The summed E-state index contributed by atoms with van der Waals surface area (Å²) in [6.45, 7) is 6.47. The molecule has 0 spiro atoms. The van der Waals surface area contributed by atoms with Crippen molar-refractivity contribution in [3.05, 3.63) is 113 Å². The van der Waals surface area contributed by atoms with Gasteiger partial charge in [0.2, 0.25) is 0 Å². The van der Waals surface area contributed by atoms with Gasteiger partial charge in [0, 0.05) is 23.3 Å². The monoisotopic (exact) mass is 596 g/mol. The highest BCUT2D eigenvalue weighted by atomic mass is 32.2. The number of ether oxygens (including phenoxy) is 2. The SMILES string of the molecule is CC[C@H]1C(C(=O)OC)=C[C@@H](c2cc3ccccc3n2S(=O)(=O)c2ccccc2)N2[C@@H]1O[C@@H]1Cc3cccc(C(C)C)c3[C@@H]12. The molecule has 0 radical (unpaired) electrons. The molecule has 0 amide bonds. The maximum atomic E-state index is 14.4. The number of aromatic nitrogens is 1. The van der Waals surface area contributed by atoms with E-state index in [4.69, 9.17) is 9.47 Å². The first-order chi connectivity index (χ1) is 20.8. The molecule has 8 heteroatoms. The standard InChI is InChI=1S/C35H36N2O5S/c1-5-25-27(35(38)41-4)20-29(36-33-31(42-34(25)36)19-23-13-11-16-26(21(2)3)32(23)33)30-18-22-12-9-10-17-28(22)37(30)43(39,40)24-14-7-6-8-15-24/h6-18,20-21,25,29,31,33-34H,5,19H2,1-4H3/t25-,29-,31+,33+,34+/m0/s1. The minimum absolute atomic E-state index is 0.0843. The summed E-state index contributed by atoms with van der Waals surface area (Å²) in [6.07, 6.45) is 2.87. The Hall–Kier alpha value is -3.72. The summed E-state index contributed by atoms with van der Waals surface area (Å²) in [4.78, 5) is 15.8. The van der Waals surface area contributed by atoms with Gasteiger partial charge in [-0.1, -0.05) is 81.4 Å². The Kier molecular flexibility index (Phi) is 6.84. The van der Waals surface area contributed by atoms with Crippen LogP contribution < -0.4 is 0 Å². The van der Waals surface area contributed by atoms with Crippen LogP contribution in [0.3, 0.4) is 0 Å². The lowest BCUT2D eigenvalue weighted by Gasteiger charge is -2.42. The van der Waals surface area contributed by atoms with Crippen molar-refractivity contribution in [2.24, 2.45) is 5.92 Å². The summed E-state index contributed by atoms with van der Waals surface area (Å²) in [6, 6.07) is 23.9. The van der Waals surface area contributed by atoms with Crippen molar-refractivity contribution in [3.63, 3.8) is 0 Å². The van der Waals surface area contributed by atoms with Crippen LogP contribution in [0.15, 0.2) is 95.4 Å². The highest BCUT2D eigenvalue weighted by molar-refractivity contribution is 7.90. The van der Waals surface area contributed by atoms with E-state index in [1.54, 1.807) is 30.3 Å². The fraction of sp³-hybridized carbons (Fsp3) is 0.343. The summed E-state index contributed by atoms with van der Waals surface area (Å²) in [5.74, 6) is -0.314. The Morgan fingerprint density at radius 1 is 1.02 bits per heavy atom. The number of methoxy groups -OCH3 is 1. The summed E-state index contributed by atoms with van der Waals surface area (Å²) in [7, 11) is -2.60.